The quantitative estimate of drug-likeness (QED) is 0.768. The molecule has 0 spiro atoms. The Balaban J connectivity index is 2.56. The third-order valence-electron chi connectivity index (χ3n) is 3.18. The Hall–Kier alpha value is -1.52. The smallest absolute Gasteiger partial charge is 0.385 e. The van der Waals surface area contributed by atoms with Crippen molar-refractivity contribution in [1.29, 1.82) is 0 Å². The molecule has 1 heterocycles. The first-order chi connectivity index (χ1) is 7.87. The first-order valence-electron chi connectivity index (χ1n) is 5.29. The van der Waals surface area contributed by atoms with Crippen molar-refractivity contribution in [3.8, 4) is 0 Å². The number of carbonyl (C=O) groups is 1. The first kappa shape index (κ1) is 12.0. The van der Waals surface area contributed by atoms with Gasteiger partial charge in [-0.2, -0.15) is 13.2 Å². The molecule has 0 amide bonds. The van der Waals surface area contributed by atoms with Crippen LogP contribution < -0.4 is 5.32 Å². The van der Waals surface area contributed by atoms with E-state index in [1.165, 1.54) is 6.07 Å². The van der Waals surface area contributed by atoms with Gasteiger partial charge in [0.2, 0.25) is 0 Å². The van der Waals surface area contributed by atoms with Crippen molar-refractivity contribution >= 4 is 12.0 Å². The molecule has 92 valence electrons. The van der Waals surface area contributed by atoms with Crippen LogP contribution in [0.25, 0.3) is 0 Å². The van der Waals surface area contributed by atoms with Crippen LogP contribution in [0.4, 0.5) is 18.9 Å². The van der Waals surface area contributed by atoms with Crippen molar-refractivity contribution in [2.75, 3.05) is 11.9 Å². The molecular weight excluding hydrogens is 231 g/mol. The summed E-state index contributed by atoms with van der Waals surface area (Å²) in [5.41, 5.74) is -0.512. The zero-order valence-electron chi connectivity index (χ0n) is 9.27. The monoisotopic (exact) mass is 243 g/mol. The van der Waals surface area contributed by atoms with E-state index in [1.54, 1.807) is 6.92 Å². The Labute approximate surface area is 96.8 Å². The molecule has 0 bridgehead atoms. The predicted octanol–water partition coefficient (Wildman–Crippen LogP) is 2.98. The maximum absolute atomic E-state index is 12.6. The summed E-state index contributed by atoms with van der Waals surface area (Å²) in [5.74, 6) is 0. The highest BCUT2D eigenvalue weighted by molar-refractivity contribution is 5.75. The zero-order chi connectivity index (χ0) is 12.7. The summed E-state index contributed by atoms with van der Waals surface area (Å²) >= 11 is 0. The van der Waals surface area contributed by atoms with E-state index in [4.69, 9.17) is 0 Å². The predicted molar refractivity (Wildman–Crippen MR) is 58.0 cm³/mol. The number of halogens is 3. The van der Waals surface area contributed by atoms with Crippen LogP contribution in [0.5, 0.6) is 0 Å². The molecule has 17 heavy (non-hydrogen) atoms. The number of nitrogens with one attached hydrogen (secondary N) is 1. The minimum absolute atomic E-state index is 0.425. The second kappa shape index (κ2) is 3.75. The number of benzene rings is 1. The summed E-state index contributed by atoms with van der Waals surface area (Å²) in [6, 6.07) is 3.48. The van der Waals surface area contributed by atoms with Crippen LogP contribution in [0.3, 0.4) is 0 Å². The fourth-order valence-electron chi connectivity index (χ4n) is 2.06. The lowest BCUT2D eigenvalue weighted by Crippen LogP contribution is -2.33. The van der Waals surface area contributed by atoms with E-state index in [1.807, 2.05) is 0 Å². The number of hydrogen-bond acceptors (Lipinski definition) is 2. The molecule has 0 aliphatic carbocycles. The number of rotatable bonds is 1. The first-order valence-corrected chi connectivity index (χ1v) is 5.29. The Morgan fingerprint density at radius 2 is 2.12 bits per heavy atom. The second-order valence-corrected chi connectivity index (χ2v) is 4.47. The largest absolute Gasteiger partial charge is 0.416 e. The molecule has 0 saturated heterocycles. The molecule has 0 aromatic heterocycles. The summed E-state index contributed by atoms with van der Waals surface area (Å²) in [7, 11) is 0. The van der Waals surface area contributed by atoms with Gasteiger partial charge < -0.3 is 10.1 Å². The summed E-state index contributed by atoms with van der Waals surface area (Å²) in [6.45, 7) is 2.26. The van der Waals surface area contributed by atoms with E-state index in [-0.39, 0.29) is 0 Å². The molecular formula is C12H12F3NO. The lowest BCUT2D eigenvalue weighted by Gasteiger charge is -2.32. The van der Waals surface area contributed by atoms with Crippen molar-refractivity contribution in [1.82, 2.24) is 0 Å². The van der Waals surface area contributed by atoms with Crippen LogP contribution >= 0.6 is 0 Å². The SMILES string of the molecule is CC1(C=O)CCNc2ccc(C(F)(F)F)cc21. The van der Waals surface area contributed by atoms with Gasteiger partial charge in [-0.25, -0.2) is 0 Å². The van der Waals surface area contributed by atoms with Crippen molar-refractivity contribution in [2.24, 2.45) is 0 Å². The summed E-state index contributed by atoms with van der Waals surface area (Å²) in [4.78, 5) is 11.1. The molecule has 2 nitrogen and oxygen atoms in total. The standard InChI is InChI=1S/C12H12F3NO/c1-11(7-17)4-5-16-10-3-2-8(6-9(10)11)12(13,14)15/h2-3,6-7,16H,4-5H2,1H3. The maximum atomic E-state index is 12.6. The van der Waals surface area contributed by atoms with E-state index < -0.39 is 17.2 Å². The van der Waals surface area contributed by atoms with Gasteiger partial charge in [-0.05, 0) is 37.1 Å². The van der Waals surface area contributed by atoms with E-state index >= 15 is 0 Å². The number of anilines is 1. The van der Waals surface area contributed by atoms with E-state index in [9.17, 15) is 18.0 Å². The molecule has 0 radical (unpaired) electrons. The highest BCUT2D eigenvalue weighted by atomic mass is 19.4. The minimum Gasteiger partial charge on any atom is -0.385 e. The summed E-state index contributed by atoms with van der Waals surface area (Å²) in [5, 5.41) is 3.00. The Kier molecular flexibility index (Phi) is 2.64. The van der Waals surface area contributed by atoms with Gasteiger partial charge in [-0.3, -0.25) is 0 Å². The third-order valence-corrected chi connectivity index (χ3v) is 3.18. The van der Waals surface area contributed by atoms with Gasteiger partial charge in [0.1, 0.15) is 6.29 Å². The van der Waals surface area contributed by atoms with Crippen molar-refractivity contribution in [3.63, 3.8) is 0 Å². The van der Waals surface area contributed by atoms with Crippen molar-refractivity contribution in [2.45, 2.75) is 24.9 Å². The lowest BCUT2D eigenvalue weighted by molar-refractivity contribution is -0.137. The van der Waals surface area contributed by atoms with Crippen LogP contribution in [0.1, 0.15) is 24.5 Å². The van der Waals surface area contributed by atoms with E-state index in [2.05, 4.69) is 5.32 Å². The normalized spacial score (nSPS) is 23.8. The molecule has 1 aromatic rings. The average Bonchev–Trinajstić information content (AvgIpc) is 2.28. The number of fused-ring (bicyclic) bond motifs is 1. The molecule has 1 atom stereocenters. The summed E-state index contributed by atoms with van der Waals surface area (Å²) < 4.78 is 37.8. The number of hydrogen-bond donors (Lipinski definition) is 1. The molecule has 1 aromatic carbocycles. The third kappa shape index (κ3) is 2.01. The zero-order valence-corrected chi connectivity index (χ0v) is 9.27. The number of aldehydes is 1. The fraction of sp³-hybridized carbons (Fsp3) is 0.417. The number of alkyl halides is 3. The molecule has 5 heteroatoms. The van der Waals surface area contributed by atoms with Crippen molar-refractivity contribution < 1.29 is 18.0 Å². The topological polar surface area (TPSA) is 29.1 Å². The van der Waals surface area contributed by atoms with Crippen LogP contribution in [-0.4, -0.2) is 12.8 Å². The molecule has 1 N–H and O–H groups in total. The molecule has 1 unspecified atom stereocenters. The van der Waals surface area contributed by atoms with Crippen LogP contribution in [0.15, 0.2) is 18.2 Å². The van der Waals surface area contributed by atoms with Crippen LogP contribution in [-0.2, 0) is 16.4 Å². The van der Waals surface area contributed by atoms with E-state index in [0.717, 1.165) is 18.4 Å². The van der Waals surface area contributed by atoms with Gasteiger partial charge in [0.25, 0.3) is 0 Å². The van der Waals surface area contributed by atoms with Crippen LogP contribution in [0, 0.1) is 0 Å². The Bertz CT molecular complexity index is 456. The molecule has 0 saturated carbocycles. The van der Waals surface area contributed by atoms with Gasteiger partial charge >= 0.3 is 6.18 Å². The average molecular weight is 243 g/mol. The molecule has 1 aliphatic rings. The van der Waals surface area contributed by atoms with Gasteiger partial charge in [0.05, 0.1) is 11.0 Å². The Morgan fingerprint density at radius 3 is 2.71 bits per heavy atom. The van der Waals surface area contributed by atoms with Gasteiger partial charge in [-0.15, -0.1) is 0 Å². The molecule has 0 fully saturated rings. The fourth-order valence-corrected chi connectivity index (χ4v) is 2.06. The summed E-state index contributed by atoms with van der Waals surface area (Å²) in [6.07, 6.45) is -3.14. The highest BCUT2D eigenvalue weighted by Gasteiger charge is 2.36. The second-order valence-electron chi connectivity index (χ2n) is 4.47. The van der Waals surface area contributed by atoms with Gasteiger partial charge in [0.15, 0.2) is 0 Å². The van der Waals surface area contributed by atoms with Gasteiger partial charge in [-0.1, -0.05) is 0 Å². The maximum Gasteiger partial charge on any atom is 0.416 e. The van der Waals surface area contributed by atoms with Crippen LogP contribution in [0.2, 0.25) is 0 Å². The minimum atomic E-state index is -4.38. The molecule has 1 aliphatic heterocycles. The van der Waals surface area contributed by atoms with Gasteiger partial charge in [0, 0.05) is 12.2 Å². The molecule has 2 rings (SSSR count). The number of carbonyl (C=O) groups excluding carboxylic acids is 1. The Morgan fingerprint density at radius 1 is 1.41 bits per heavy atom. The lowest BCUT2D eigenvalue weighted by atomic mass is 9.77. The van der Waals surface area contributed by atoms with Crippen molar-refractivity contribution in [3.05, 3.63) is 29.3 Å². The van der Waals surface area contributed by atoms with E-state index in [0.29, 0.717) is 24.2 Å². The highest BCUT2D eigenvalue weighted by Crippen LogP contribution is 2.39.